The van der Waals surface area contributed by atoms with Crippen LogP contribution in [0.3, 0.4) is 0 Å². The summed E-state index contributed by atoms with van der Waals surface area (Å²) in [6, 6.07) is 13.5. The van der Waals surface area contributed by atoms with Crippen molar-refractivity contribution in [3.8, 4) is 5.75 Å². The number of carbonyl (C=O) groups is 2. The van der Waals surface area contributed by atoms with Crippen molar-refractivity contribution < 1.29 is 23.8 Å². The third kappa shape index (κ3) is 6.47. The Bertz CT molecular complexity index is 1370. The summed E-state index contributed by atoms with van der Waals surface area (Å²) in [5, 5.41) is 10.5. The summed E-state index contributed by atoms with van der Waals surface area (Å²) in [4.78, 5) is 35.0. The van der Waals surface area contributed by atoms with Crippen LogP contribution in [0.1, 0.15) is 60.4 Å². The number of hydrogen-bond acceptors (Lipinski definition) is 7. The standard InChI is InChI=1S/C32H40N4O5/c1-3-4-13-36(25-7-5-6-22(15-25)17-33)30(37)20-35-19-26(23-8-10-28-24(16-23)12-14-40-28)31(32(38)39)27(35)9-11-29-34-18-21(2)41-29/h5-8,10,15-16,18,26-27,31H,3-4,9,11-14,17,19-20,33H2,1-2H3,(H,38,39). The van der Waals surface area contributed by atoms with E-state index in [2.05, 4.69) is 22.9 Å². The van der Waals surface area contributed by atoms with Crippen LogP contribution in [0.5, 0.6) is 5.75 Å². The van der Waals surface area contributed by atoms with Crippen molar-refractivity contribution in [2.75, 3.05) is 31.1 Å². The maximum Gasteiger partial charge on any atom is 0.308 e. The van der Waals surface area contributed by atoms with Crippen molar-refractivity contribution in [3.63, 3.8) is 0 Å². The van der Waals surface area contributed by atoms with Crippen molar-refractivity contribution >= 4 is 17.6 Å². The van der Waals surface area contributed by atoms with Crippen LogP contribution >= 0.6 is 0 Å². The molecule has 3 atom stereocenters. The Morgan fingerprint density at radius 1 is 1.22 bits per heavy atom. The number of anilines is 1. The number of benzene rings is 2. The minimum atomic E-state index is -0.853. The molecule has 3 unspecified atom stereocenters. The van der Waals surface area contributed by atoms with Gasteiger partial charge in [0.05, 0.1) is 25.3 Å². The lowest BCUT2D eigenvalue weighted by Gasteiger charge is -2.30. The zero-order valence-corrected chi connectivity index (χ0v) is 23.9. The monoisotopic (exact) mass is 560 g/mol. The molecular formula is C32H40N4O5. The molecule has 218 valence electrons. The van der Waals surface area contributed by atoms with E-state index in [0.717, 1.165) is 53.1 Å². The molecule has 0 spiro atoms. The summed E-state index contributed by atoms with van der Waals surface area (Å²) in [5.41, 5.74) is 9.76. The average molecular weight is 561 g/mol. The van der Waals surface area contributed by atoms with Gasteiger partial charge in [0.1, 0.15) is 11.5 Å². The normalized spacial score (nSPS) is 20.1. The first-order valence-corrected chi connectivity index (χ1v) is 14.6. The number of carbonyl (C=O) groups excluding carboxylic acids is 1. The van der Waals surface area contributed by atoms with Gasteiger partial charge >= 0.3 is 5.97 Å². The Balaban J connectivity index is 1.44. The van der Waals surface area contributed by atoms with Gasteiger partial charge in [0.25, 0.3) is 0 Å². The Kier molecular flexibility index (Phi) is 9.05. The summed E-state index contributed by atoms with van der Waals surface area (Å²) >= 11 is 0. The molecule has 0 radical (unpaired) electrons. The van der Waals surface area contributed by atoms with Gasteiger partial charge in [0.15, 0.2) is 5.89 Å². The highest BCUT2D eigenvalue weighted by atomic mass is 16.5. The Labute approximate surface area is 241 Å². The number of nitrogens with zero attached hydrogens (tertiary/aromatic N) is 3. The zero-order chi connectivity index (χ0) is 28.9. The van der Waals surface area contributed by atoms with Gasteiger partial charge in [-0.15, -0.1) is 0 Å². The molecule has 2 aliphatic rings. The third-order valence-electron chi connectivity index (χ3n) is 8.33. The van der Waals surface area contributed by atoms with E-state index in [1.807, 2.05) is 48.2 Å². The van der Waals surface area contributed by atoms with Crippen LogP contribution in [0, 0.1) is 12.8 Å². The first-order chi connectivity index (χ1) is 19.9. The molecule has 2 aliphatic heterocycles. The van der Waals surface area contributed by atoms with Crippen LogP contribution in [0.25, 0.3) is 0 Å². The molecule has 0 saturated carbocycles. The molecule has 9 nitrogen and oxygen atoms in total. The molecular weight excluding hydrogens is 520 g/mol. The fraction of sp³-hybridized carbons (Fsp3) is 0.469. The summed E-state index contributed by atoms with van der Waals surface area (Å²) in [5.74, 6) is 0.339. The smallest absolute Gasteiger partial charge is 0.308 e. The number of fused-ring (bicyclic) bond motifs is 1. The summed E-state index contributed by atoms with van der Waals surface area (Å²) in [7, 11) is 0. The second-order valence-electron chi connectivity index (χ2n) is 11.1. The fourth-order valence-corrected chi connectivity index (χ4v) is 6.24. The van der Waals surface area contributed by atoms with Crippen molar-refractivity contribution in [1.82, 2.24) is 9.88 Å². The van der Waals surface area contributed by atoms with Gasteiger partial charge in [0, 0.05) is 50.1 Å². The molecule has 1 aromatic heterocycles. The van der Waals surface area contributed by atoms with E-state index in [-0.39, 0.29) is 24.4 Å². The van der Waals surface area contributed by atoms with Crippen molar-refractivity contribution in [2.24, 2.45) is 11.7 Å². The van der Waals surface area contributed by atoms with Crippen LogP contribution in [-0.4, -0.2) is 59.1 Å². The highest BCUT2D eigenvalue weighted by Gasteiger charge is 2.47. The number of carboxylic acid groups (broad SMARTS) is 1. The molecule has 1 fully saturated rings. The maximum absolute atomic E-state index is 14.0. The van der Waals surface area contributed by atoms with E-state index in [1.165, 1.54) is 0 Å². The molecule has 3 aromatic rings. The molecule has 0 bridgehead atoms. The average Bonchev–Trinajstić information content (AvgIpc) is 3.70. The SMILES string of the molecule is CCCCN(C(=O)CN1CC(c2ccc3c(c2)CCO3)C(C(=O)O)C1CCc1ncc(C)o1)c1cccc(CN)c1. The molecule has 1 amide bonds. The lowest BCUT2D eigenvalue weighted by atomic mass is 9.83. The first-order valence-electron chi connectivity index (χ1n) is 14.6. The van der Waals surface area contributed by atoms with Gasteiger partial charge in [-0.2, -0.15) is 0 Å². The summed E-state index contributed by atoms with van der Waals surface area (Å²) in [6.07, 6.45) is 5.33. The summed E-state index contributed by atoms with van der Waals surface area (Å²) in [6.45, 7) is 6.17. The molecule has 0 aliphatic carbocycles. The van der Waals surface area contributed by atoms with Gasteiger partial charge in [-0.1, -0.05) is 37.6 Å². The fourth-order valence-electron chi connectivity index (χ4n) is 6.24. The Morgan fingerprint density at radius 3 is 2.80 bits per heavy atom. The van der Waals surface area contributed by atoms with E-state index in [4.69, 9.17) is 14.9 Å². The van der Waals surface area contributed by atoms with Gasteiger partial charge in [-0.3, -0.25) is 14.5 Å². The number of likely N-dealkylation sites (tertiary alicyclic amines) is 1. The number of aryl methyl sites for hydroxylation is 2. The number of rotatable bonds is 12. The highest BCUT2D eigenvalue weighted by Crippen LogP contribution is 2.41. The lowest BCUT2D eigenvalue weighted by Crippen LogP contribution is -2.44. The second kappa shape index (κ2) is 12.9. The third-order valence-corrected chi connectivity index (χ3v) is 8.33. The van der Waals surface area contributed by atoms with Crippen molar-refractivity contribution in [2.45, 2.75) is 64.5 Å². The molecule has 5 rings (SSSR count). The van der Waals surface area contributed by atoms with Gasteiger partial charge in [-0.25, -0.2) is 4.98 Å². The summed E-state index contributed by atoms with van der Waals surface area (Å²) < 4.78 is 11.4. The van der Waals surface area contributed by atoms with E-state index < -0.39 is 11.9 Å². The van der Waals surface area contributed by atoms with Crippen molar-refractivity contribution in [1.29, 1.82) is 0 Å². The van der Waals surface area contributed by atoms with Gasteiger partial charge in [0.2, 0.25) is 5.91 Å². The number of aromatic nitrogens is 1. The van der Waals surface area contributed by atoms with E-state index in [0.29, 0.717) is 45.0 Å². The van der Waals surface area contributed by atoms with Crippen LogP contribution in [0.4, 0.5) is 5.69 Å². The van der Waals surface area contributed by atoms with E-state index in [1.54, 1.807) is 6.20 Å². The first kappa shape index (κ1) is 28.8. The number of hydrogen-bond donors (Lipinski definition) is 2. The lowest BCUT2D eigenvalue weighted by molar-refractivity contribution is -0.143. The molecule has 9 heteroatoms. The highest BCUT2D eigenvalue weighted by molar-refractivity contribution is 5.95. The number of amides is 1. The molecule has 2 aromatic carbocycles. The minimum absolute atomic E-state index is 0.0447. The number of oxazole rings is 1. The zero-order valence-electron chi connectivity index (χ0n) is 23.9. The van der Waals surface area contributed by atoms with Crippen LogP contribution in [0.15, 0.2) is 53.1 Å². The van der Waals surface area contributed by atoms with Gasteiger partial charge < -0.3 is 24.9 Å². The predicted octanol–water partition coefficient (Wildman–Crippen LogP) is 4.31. The topological polar surface area (TPSA) is 122 Å². The second-order valence-corrected chi connectivity index (χ2v) is 11.1. The number of nitrogens with two attached hydrogens (primary N) is 1. The quantitative estimate of drug-likeness (QED) is 0.336. The molecule has 3 heterocycles. The van der Waals surface area contributed by atoms with Crippen molar-refractivity contribution in [3.05, 3.63) is 77.0 Å². The van der Waals surface area contributed by atoms with E-state index >= 15 is 0 Å². The van der Waals surface area contributed by atoms with E-state index in [9.17, 15) is 14.7 Å². The number of ether oxygens (including phenoxy) is 1. The Hall–Kier alpha value is -3.69. The Morgan fingerprint density at radius 2 is 2.07 bits per heavy atom. The number of carboxylic acids is 1. The van der Waals surface area contributed by atoms with Crippen LogP contribution < -0.4 is 15.4 Å². The number of aliphatic carboxylic acids is 1. The predicted molar refractivity (Wildman–Crippen MR) is 156 cm³/mol. The largest absolute Gasteiger partial charge is 0.493 e. The van der Waals surface area contributed by atoms with Crippen LogP contribution in [-0.2, 0) is 29.0 Å². The maximum atomic E-state index is 14.0. The number of unbranched alkanes of at least 4 members (excludes halogenated alkanes) is 1. The van der Waals surface area contributed by atoms with Crippen LogP contribution in [0.2, 0.25) is 0 Å². The molecule has 3 N–H and O–H groups in total. The molecule has 41 heavy (non-hydrogen) atoms. The minimum Gasteiger partial charge on any atom is -0.493 e. The molecule has 1 saturated heterocycles. The van der Waals surface area contributed by atoms with Gasteiger partial charge in [-0.05, 0) is 54.7 Å².